The van der Waals surface area contributed by atoms with E-state index in [1.165, 1.54) is 99.1 Å². The predicted molar refractivity (Wildman–Crippen MR) is 442 cm³/mol. The van der Waals surface area contributed by atoms with Crippen LogP contribution in [0.1, 0.15) is 52.7 Å². The summed E-state index contributed by atoms with van der Waals surface area (Å²) in [6, 6.07) is 135. The normalized spacial score (nSPS) is 12.5. The maximum atomic E-state index is 2.72. The maximum absolute atomic E-state index is 2.72. The topological polar surface area (TPSA) is 6.48 Å². The SMILES string of the molecule is CC(C)(C)c1cc(-c2ccccc2)c(N2c3ccc(-c4ccccc4)cc3B3c4cc(-c5ccccc5)ccc4N(c4c(-c5ccccc5)cc(C(C)(C)C)cc4-c4ccccc4)c4cc(-c5c6ccccc6c(-c6ccccc6-c6ccccc6)c6ccccc56)cc2c43)c(-c2ccccc2)c1. The Morgan fingerprint density at radius 1 is 0.214 bits per heavy atom. The summed E-state index contributed by atoms with van der Waals surface area (Å²) >= 11 is 0. The van der Waals surface area contributed by atoms with Crippen LogP contribution in [-0.2, 0) is 10.8 Å². The fourth-order valence-electron chi connectivity index (χ4n) is 16.5. The molecule has 0 fully saturated rings. The third kappa shape index (κ3) is 11.0. The predicted octanol–water partition coefficient (Wildman–Crippen LogP) is 25.7. The molecule has 2 aliphatic heterocycles. The highest BCUT2D eigenvalue weighted by molar-refractivity contribution is 7.00. The van der Waals surface area contributed by atoms with Gasteiger partial charge in [-0.25, -0.2) is 0 Å². The fourth-order valence-corrected chi connectivity index (χ4v) is 16.5. The van der Waals surface area contributed by atoms with Crippen molar-refractivity contribution in [1.29, 1.82) is 0 Å². The highest BCUT2D eigenvalue weighted by Crippen LogP contribution is 2.57. The lowest BCUT2D eigenvalue weighted by atomic mass is 9.33. The molecular weight excluding hydrogens is 1240 g/mol. The number of hydrogen-bond donors (Lipinski definition) is 0. The van der Waals surface area contributed by atoms with Gasteiger partial charge in [0.2, 0.25) is 0 Å². The number of benzene rings is 16. The van der Waals surface area contributed by atoms with Gasteiger partial charge in [0.1, 0.15) is 0 Å². The lowest BCUT2D eigenvalue weighted by molar-refractivity contribution is 0.590. The summed E-state index contributed by atoms with van der Waals surface area (Å²) < 4.78 is 0. The molecule has 18 rings (SSSR count). The van der Waals surface area contributed by atoms with E-state index in [1.807, 2.05) is 0 Å². The molecule has 16 aromatic carbocycles. The van der Waals surface area contributed by atoms with Crippen molar-refractivity contribution in [3.63, 3.8) is 0 Å². The zero-order valence-electron chi connectivity index (χ0n) is 59.0. The zero-order chi connectivity index (χ0) is 69.5. The standard InChI is InChI=1S/C100H77BN2/c1-99(2,3)76-62-84(69-40-20-10-21-41-69)97(85(63-76)70-42-22-11-23-43-70)102-90-56-54-73(66-34-14-7-15-35-66)58-88(90)101-89-59-74(67-36-16-8-17-37-67)55-57-91(89)103(98-86(71-44-24-12-25-45-71)64-77(100(4,5)6)65-87(98)72-46-26-13-27-47-72)93-61-75(60-92(102)96(93)101)94-80-50-30-32-52-82(80)95(83-53-33-31-51-81(83)94)79-49-29-28-48-78(79)68-38-18-9-19-39-68/h7-65H,1-6H3. The molecule has 103 heavy (non-hydrogen) atoms. The molecule has 0 atom stereocenters. The fraction of sp³-hybridized carbons (Fsp3) is 0.0800. The molecule has 0 aliphatic carbocycles. The van der Waals surface area contributed by atoms with Crippen molar-refractivity contribution in [1.82, 2.24) is 0 Å². The summed E-state index contributed by atoms with van der Waals surface area (Å²) in [5.41, 5.74) is 33.6. The molecule has 0 N–H and O–H groups in total. The Labute approximate surface area is 606 Å². The van der Waals surface area contributed by atoms with Gasteiger partial charge in [-0.3, -0.25) is 0 Å². The number of rotatable bonds is 11. The van der Waals surface area contributed by atoms with E-state index in [9.17, 15) is 0 Å². The number of fused-ring (bicyclic) bond motifs is 6. The molecule has 3 heteroatoms. The molecule has 0 aromatic heterocycles. The van der Waals surface area contributed by atoms with Crippen LogP contribution in [0.4, 0.5) is 34.1 Å². The summed E-state index contributed by atoms with van der Waals surface area (Å²) in [6.45, 7) is 13.9. The van der Waals surface area contributed by atoms with Gasteiger partial charge in [-0.1, -0.05) is 351 Å². The Bertz CT molecular complexity index is 5480. The molecule has 16 aromatic rings. The van der Waals surface area contributed by atoms with Crippen LogP contribution in [0, 0.1) is 0 Å². The third-order valence-electron chi connectivity index (χ3n) is 21.5. The number of hydrogen-bond acceptors (Lipinski definition) is 2. The van der Waals surface area contributed by atoms with Crippen LogP contribution in [0.15, 0.2) is 358 Å². The quantitative estimate of drug-likeness (QED) is 0.0941. The molecule has 2 nitrogen and oxygen atoms in total. The van der Waals surface area contributed by atoms with E-state index in [4.69, 9.17) is 0 Å². The van der Waals surface area contributed by atoms with Crippen molar-refractivity contribution in [2.75, 3.05) is 9.80 Å². The molecular formula is C100H77BN2. The Kier molecular flexibility index (Phi) is 15.5. The van der Waals surface area contributed by atoms with Gasteiger partial charge in [0.25, 0.3) is 6.71 Å². The lowest BCUT2D eigenvalue weighted by Crippen LogP contribution is -2.61. The average molecular weight is 1320 g/mol. The van der Waals surface area contributed by atoms with Gasteiger partial charge in [0.05, 0.1) is 11.4 Å². The van der Waals surface area contributed by atoms with Crippen molar-refractivity contribution in [2.45, 2.75) is 52.4 Å². The molecule has 490 valence electrons. The second-order valence-corrected chi connectivity index (χ2v) is 29.9. The smallest absolute Gasteiger partial charge is 0.252 e. The van der Waals surface area contributed by atoms with Gasteiger partial charge in [0, 0.05) is 45.0 Å². The Balaban J connectivity index is 1.06. The van der Waals surface area contributed by atoms with E-state index in [1.54, 1.807) is 0 Å². The van der Waals surface area contributed by atoms with Gasteiger partial charge in [-0.2, -0.15) is 0 Å². The van der Waals surface area contributed by atoms with Crippen molar-refractivity contribution in [2.24, 2.45) is 0 Å². The lowest BCUT2D eigenvalue weighted by Gasteiger charge is -2.46. The van der Waals surface area contributed by atoms with E-state index in [2.05, 4.69) is 409 Å². The monoisotopic (exact) mass is 1320 g/mol. The van der Waals surface area contributed by atoms with Crippen molar-refractivity contribution in [3.8, 4) is 100 Å². The van der Waals surface area contributed by atoms with Crippen molar-refractivity contribution in [3.05, 3.63) is 369 Å². The van der Waals surface area contributed by atoms with Crippen LogP contribution in [0.2, 0.25) is 0 Å². The first kappa shape index (κ1) is 62.9. The minimum Gasteiger partial charge on any atom is -0.310 e. The van der Waals surface area contributed by atoms with E-state index in [-0.39, 0.29) is 17.5 Å². The Morgan fingerprint density at radius 3 is 0.825 bits per heavy atom. The van der Waals surface area contributed by atoms with E-state index in [0.29, 0.717) is 0 Å². The molecule has 0 spiro atoms. The zero-order valence-corrected chi connectivity index (χ0v) is 59.0. The summed E-state index contributed by atoms with van der Waals surface area (Å²) in [4.78, 5) is 5.44. The minimum absolute atomic E-state index is 0.202. The Hall–Kier alpha value is -12.3. The molecule has 0 saturated heterocycles. The second kappa shape index (κ2) is 25.4. The molecule has 0 saturated carbocycles. The van der Waals surface area contributed by atoms with E-state index >= 15 is 0 Å². The molecule has 0 unspecified atom stereocenters. The van der Waals surface area contributed by atoms with Crippen LogP contribution in [-0.4, -0.2) is 6.71 Å². The summed E-state index contributed by atoms with van der Waals surface area (Å²) in [5, 5.41) is 4.76. The number of anilines is 6. The highest BCUT2D eigenvalue weighted by atomic mass is 15.2. The van der Waals surface area contributed by atoms with Crippen LogP contribution in [0.3, 0.4) is 0 Å². The first-order chi connectivity index (χ1) is 50.4. The summed E-state index contributed by atoms with van der Waals surface area (Å²) in [6.07, 6.45) is 0. The Morgan fingerprint density at radius 2 is 0.495 bits per heavy atom. The van der Waals surface area contributed by atoms with Crippen molar-refractivity contribution < 1.29 is 0 Å². The van der Waals surface area contributed by atoms with Gasteiger partial charge in [-0.15, -0.1) is 0 Å². The molecule has 0 amide bonds. The molecule has 0 radical (unpaired) electrons. The second-order valence-electron chi connectivity index (χ2n) is 29.9. The number of nitrogens with zero attached hydrogens (tertiary/aromatic N) is 2. The average Bonchev–Trinajstić information content (AvgIpc) is 0.685. The van der Waals surface area contributed by atoms with Crippen LogP contribution >= 0.6 is 0 Å². The van der Waals surface area contributed by atoms with Crippen LogP contribution in [0.25, 0.3) is 122 Å². The largest absolute Gasteiger partial charge is 0.310 e. The highest BCUT2D eigenvalue weighted by Gasteiger charge is 2.46. The van der Waals surface area contributed by atoms with E-state index in [0.717, 1.165) is 84.2 Å². The van der Waals surface area contributed by atoms with Crippen LogP contribution < -0.4 is 26.2 Å². The third-order valence-corrected chi connectivity index (χ3v) is 21.5. The summed E-state index contributed by atoms with van der Waals surface area (Å²) in [7, 11) is 0. The summed E-state index contributed by atoms with van der Waals surface area (Å²) in [5.74, 6) is 0. The van der Waals surface area contributed by atoms with E-state index < -0.39 is 0 Å². The minimum atomic E-state index is -0.266. The van der Waals surface area contributed by atoms with Gasteiger partial charge in [-0.05, 0) is 186 Å². The first-order valence-electron chi connectivity index (χ1n) is 36.3. The van der Waals surface area contributed by atoms with Gasteiger partial charge in [0.15, 0.2) is 0 Å². The molecule has 2 heterocycles. The molecule has 2 aliphatic rings. The maximum Gasteiger partial charge on any atom is 0.252 e. The van der Waals surface area contributed by atoms with Gasteiger partial charge < -0.3 is 9.80 Å². The van der Waals surface area contributed by atoms with Crippen LogP contribution in [0.5, 0.6) is 0 Å². The first-order valence-corrected chi connectivity index (χ1v) is 36.3. The molecule has 0 bridgehead atoms. The van der Waals surface area contributed by atoms with Crippen molar-refractivity contribution >= 4 is 78.8 Å². The van der Waals surface area contributed by atoms with Gasteiger partial charge >= 0.3 is 0 Å².